The zero-order valence-corrected chi connectivity index (χ0v) is 15.4. The Morgan fingerprint density at radius 2 is 1.54 bits per heavy atom. The first kappa shape index (κ1) is 17.4. The maximum absolute atomic E-state index is 12.3. The topological polar surface area (TPSA) is 26.8 Å². The molecular formula is C20H31N3O. The van der Waals surface area contributed by atoms with Gasteiger partial charge >= 0.3 is 0 Å². The van der Waals surface area contributed by atoms with E-state index in [4.69, 9.17) is 0 Å². The molecule has 2 fully saturated rings. The third kappa shape index (κ3) is 3.35. The molecular weight excluding hydrogens is 298 g/mol. The minimum Gasteiger partial charge on any atom is -0.340 e. The number of nitrogens with zero attached hydrogens (tertiary/aromatic N) is 3. The lowest BCUT2D eigenvalue weighted by atomic mass is 9.79. The van der Waals surface area contributed by atoms with Crippen molar-refractivity contribution in [2.45, 2.75) is 32.2 Å². The van der Waals surface area contributed by atoms with Crippen LogP contribution in [0.1, 0.15) is 32.3 Å². The standard InChI is InChI=1S/C20H31N3O/c1-17(2)19(24)22-13-15-23(16-14-22)20(9-11-21(3)12-10-20)18-7-5-4-6-8-18/h4-8,17H,9-16H2,1-3H3. The molecule has 1 amide bonds. The van der Waals surface area contributed by atoms with Gasteiger partial charge in [0.1, 0.15) is 0 Å². The average molecular weight is 329 g/mol. The molecule has 0 aromatic heterocycles. The number of rotatable bonds is 3. The third-order valence-electron chi connectivity index (χ3n) is 5.82. The van der Waals surface area contributed by atoms with E-state index in [2.05, 4.69) is 52.1 Å². The Labute approximate surface area is 146 Å². The van der Waals surface area contributed by atoms with Crippen molar-refractivity contribution in [1.29, 1.82) is 0 Å². The van der Waals surface area contributed by atoms with E-state index >= 15 is 0 Å². The van der Waals surface area contributed by atoms with Gasteiger partial charge in [-0.3, -0.25) is 9.69 Å². The van der Waals surface area contributed by atoms with Crippen LogP contribution in [-0.4, -0.2) is 66.9 Å². The Morgan fingerprint density at radius 3 is 2.08 bits per heavy atom. The van der Waals surface area contributed by atoms with Crippen molar-refractivity contribution in [3.05, 3.63) is 35.9 Å². The molecule has 0 radical (unpaired) electrons. The van der Waals surface area contributed by atoms with Gasteiger partial charge in [-0.25, -0.2) is 0 Å². The molecule has 0 aliphatic carbocycles. The van der Waals surface area contributed by atoms with Crippen LogP contribution in [-0.2, 0) is 10.3 Å². The van der Waals surface area contributed by atoms with Crippen LogP contribution in [0, 0.1) is 5.92 Å². The first-order valence-corrected chi connectivity index (χ1v) is 9.31. The van der Waals surface area contributed by atoms with E-state index in [0.29, 0.717) is 5.91 Å². The van der Waals surface area contributed by atoms with Crippen LogP contribution in [0.25, 0.3) is 0 Å². The van der Waals surface area contributed by atoms with E-state index in [1.165, 1.54) is 18.4 Å². The summed E-state index contributed by atoms with van der Waals surface area (Å²) in [5.41, 5.74) is 1.59. The first-order chi connectivity index (χ1) is 11.5. The molecule has 4 heteroatoms. The maximum Gasteiger partial charge on any atom is 0.225 e. The van der Waals surface area contributed by atoms with Crippen LogP contribution in [0.3, 0.4) is 0 Å². The molecule has 2 aliphatic heterocycles. The molecule has 2 heterocycles. The molecule has 24 heavy (non-hydrogen) atoms. The highest BCUT2D eigenvalue weighted by Crippen LogP contribution is 2.39. The largest absolute Gasteiger partial charge is 0.340 e. The highest BCUT2D eigenvalue weighted by atomic mass is 16.2. The quantitative estimate of drug-likeness (QED) is 0.852. The fourth-order valence-electron chi connectivity index (χ4n) is 4.24. The van der Waals surface area contributed by atoms with Crippen molar-refractivity contribution in [3.63, 3.8) is 0 Å². The minimum atomic E-state index is 0.1000. The number of hydrogen-bond donors (Lipinski definition) is 0. The second kappa shape index (κ2) is 7.24. The SMILES string of the molecule is CC(C)C(=O)N1CCN(C2(c3ccccc3)CCN(C)CC2)CC1. The number of hydrogen-bond acceptors (Lipinski definition) is 3. The van der Waals surface area contributed by atoms with Crippen molar-refractivity contribution < 1.29 is 4.79 Å². The van der Waals surface area contributed by atoms with Gasteiger partial charge in [0.2, 0.25) is 5.91 Å². The second-order valence-corrected chi connectivity index (χ2v) is 7.67. The van der Waals surface area contributed by atoms with Gasteiger partial charge in [-0.2, -0.15) is 0 Å². The summed E-state index contributed by atoms with van der Waals surface area (Å²) in [6.07, 6.45) is 2.34. The van der Waals surface area contributed by atoms with Crippen LogP contribution < -0.4 is 0 Å². The second-order valence-electron chi connectivity index (χ2n) is 7.67. The van der Waals surface area contributed by atoms with E-state index < -0.39 is 0 Å². The summed E-state index contributed by atoms with van der Waals surface area (Å²) in [4.78, 5) is 19.4. The normalized spacial score (nSPS) is 22.8. The predicted molar refractivity (Wildman–Crippen MR) is 97.8 cm³/mol. The monoisotopic (exact) mass is 329 g/mol. The van der Waals surface area contributed by atoms with Crippen molar-refractivity contribution in [2.75, 3.05) is 46.3 Å². The van der Waals surface area contributed by atoms with E-state index in [0.717, 1.165) is 39.3 Å². The number of amides is 1. The van der Waals surface area contributed by atoms with Gasteiger partial charge in [0.05, 0.1) is 0 Å². The summed E-state index contributed by atoms with van der Waals surface area (Å²) in [5.74, 6) is 0.398. The smallest absolute Gasteiger partial charge is 0.225 e. The van der Waals surface area contributed by atoms with Gasteiger partial charge in [-0.1, -0.05) is 44.2 Å². The fraction of sp³-hybridized carbons (Fsp3) is 0.650. The molecule has 0 atom stereocenters. The van der Waals surface area contributed by atoms with Crippen LogP contribution in [0.2, 0.25) is 0 Å². The molecule has 4 nitrogen and oxygen atoms in total. The number of likely N-dealkylation sites (tertiary alicyclic amines) is 1. The Hall–Kier alpha value is -1.39. The van der Waals surface area contributed by atoms with Crippen molar-refractivity contribution in [3.8, 4) is 0 Å². The lowest BCUT2D eigenvalue weighted by Crippen LogP contribution is -2.59. The summed E-state index contributed by atoms with van der Waals surface area (Å²) in [6, 6.07) is 11.0. The molecule has 1 aromatic carbocycles. The van der Waals surface area contributed by atoms with Crippen LogP contribution in [0.15, 0.2) is 30.3 Å². The zero-order chi connectivity index (χ0) is 17.2. The molecule has 0 bridgehead atoms. The van der Waals surface area contributed by atoms with Gasteiger partial charge in [-0.05, 0) is 38.5 Å². The maximum atomic E-state index is 12.3. The number of benzene rings is 1. The molecule has 3 rings (SSSR count). The Morgan fingerprint density at radius 1 is 0.958 bits per heavy atom. The van der Waals surface area contributed by atoms with Crippen molar-refractivity contribution in [1.82, 2.24) is 14.7 Å². The minimum absolute atomic E-state index is 0.1000. The van der Waals surface area contributed by atoms with Crippen LogP contribution in [0.5, 0.6) is 0 Å². The average Bonchev–Trinajstić information content (AvgIpc) is 2.63. The summed E-state index contributed by atoms with van der Waals surface area (Å²) in [6.45, 7) is 9.96. The van der Waals surface area contributed by atoms with Gasteiger partial charge < -0.3 is 9.80 Å². The zero-order valence-electron chi connectivity index (χ0n) is 15.4. The van der Waals surface area contributed by atoms with Gasteiger partial charge in [0.25, 0.3) is 0 Å². The van der Waals surface area contributed by atoms with Crippen LogP contribution in [0.4, 0.5) is 0 Å². The molecule has 0 N–H and O–H groups in total. The lowest BCUT2D eigenvalue weighted by Gasteiger charge is -2.51. The molecule has 2 aliphatic rings. The Kier molecular flexibility index (Phi) is 5.26. The molecule has 0 saturated carbocycles. The lowest BCUT2D eigenvalue weighted by molar-refractivity contribution is -0.137. The van der Waals surface area contributed by atoms with E-state index in [1.54, 1.807) is 0 Å². The summed E-state index contributed by atoms with van der Waals surface area (Å²) >= 11 is 0. The molecule has 0 unspecified atom stereocenters. The van der Waals surface area contributed by atoms with Crippen molar-refractivity contribution >= 4 is 5.91 Å². The number of carbonyl (C=O) groups excluding carboxylic acids is 1. The predicted octanol–water partition coefficient (Wildman–Crippen LogP) is 2.41. The van der Waals surface area contributed by atoms with Crippen molar-refractivity contribution in [2.24, 2.45) is 5.92 Å². The number of piperazine rings is 1. The fourth-order valence-corrected chi connectivity index (χ4v) is 4.24. The molecule has 0 spiro atoms. The van der Waals surface area contributed by atoms with E-state index in [9.17, 15) is 4.79 Å². The van der Waals surface area contributed by atoms with Gasteiger partial charge in [-0.15, -0.1) is 0 Å². The summed E-state index contributed by atoms with van der Waals surface area (Å²) in [7, 11) is 2.22. The molecule has 132 valence electrons. The van der Waals surface area contributed by atoms with E-state index in [1.807, 2.05) is 13.8 Å². The summed E-state index contributed by atoms with van der Waals surface area (Å²) < 4.78 is 0. The number of piperidine rings is 1. The molecule has 1 aromatic rings. The van der Waals surface area contributed by atoms with Crippen LogP contribution >= 0.6 is 0 Å². The van der Waals surface area contributed by atoms with Gasteiger partial charge in [0, 0.05) is 37.6 Å². The van der Waals surface area contributed by atoms with Gasteiger partial charge in [0.15, 0.2) is 0 Å². The highest BCUT2D eigenvalue weighted by Gasteiger charge is 2.42. The third-order valence-corrected chi connectivity index (χ3v) is 5.82. The Balaban J connectivity index is 1.77. The first-order valence-electron chi connectivity index (χ1n) is 9.31. The summed E-state index contributed by atoms with van der Waals surface area (Å²) in [5, 5.41) is 0. The number of carbonyl (C=O) groups is 1. The Bertz CT molecular complexity index is 541. The molecule has 2 saturated heterocycles. The highest BCUT2D eigenvalue weighted by molar-refractivity contribution is 5.78. The van der Waals surface area contributed by atoms with E-state index in [-0.39, 0.29) is 11.5 Å².